The number of hydrogen-bond acceptors (Lipinski definition) is 2. The third-order valence-corrected chi connectivity index (χ3v) is 7.13. The molecule has 136 valence electrons. The molecule has 0 amide bonds. The van der Waals surface area contributed by atoms with Crippen LogP contribution in [0.4, 0.5) is 0 Å². The van der Waals surface area contributed by atoms with Crippen LogP contribution in [-0.2, 0) is 4.74 Å². The van der Waals surface area contributed by atoms with Gasteiger partial charge in [-0.25, -0.2) is 0 Å². The van der Waals surface area contributed by atoms with Gasteiger partial charge in [-0.3, -0.25) is 0 Å². The number of carbonyl (C=O) groups excluding carboxylic acids is 1. The van der Waals surface area contributed by atoms with Crippen molar-refractivity contribution in [3.05, 3.63) is 71.8 Å². The van der Waals surface area contributed by atoms with E-state index in [1.54, 1.807) is 0 Å². The predicted octanol–water partition coefficient (Wildman–Crippen LogP) is 4.88. The van der Waals surface area contributed by atoms with Gasteiger partial charge in [0.2, 0.25) is 0 Å². The van der Waals surface area contributed by atoms with Gasteiger partial charge in [-0.2, -0.15) is 0 Å². The van der Waals surface area contributed by atoms with Crippen molar-refractivity contribution in [2.24, 2.45) is 5.92 Å². The Morgan fingerprint density at radius 3 is 2.35 bits per heavy atom. The second-order valence-electron chi connectivity index (χ2n) is 6.73. The Kier molecular flexibility index (Phi) is 7.11. The molecule has 1 saturated carbocycles. The minimum absolute atomic E-state index is 0.248. The van der Waals surface area contributed by atoms with Crippen LogP contribution in [0.15, 0.2) is 60.7 Å². The van der Waals surface area contributed by atoms with Gasteiger partial charge in [0.05, 0.1) is 0 Å². The van der Waals surface area contributed by atoms with Gasteiger partial charge < -0.3 is 0 Å². The molecule has 1 aliphatic rings. The van der Waals surface area contributed by atoms with Crippen LogP contribution >= 0.6 is 0 Å². The fourth-order valence-corrected chi connectivity index (χ4v) is 5.47. The molecule has 0 saturated heterocycles. The maximum atomic E-state index is 12.3. The third kappa shape index (κ3) is 5.09. The normalized spacial score (nSPS) is 15.7. The van der Waals surface area contributed by atoms with Crippen LogP contribution in [0, 0.1) is 5.92 Å². The number of carbonyl (C=O) groups is 1. The van der Waals surface area contributed by atoms with Crippen LogP contribution in [0.2, 0.25) is 5.32 Å². The summed E-state index contributed by atoms with van der Waals surface area (Å²) in [5, 5.41) is 1.00. The topological polar surface area (TPSA) is 26.3 Å². The number of hydrogen-bond donors (Lipinski definition) is 0. The summed E-state index contributed by atoms with van der Waals surface area (Å²) >= 11 is 0.352. The van der Waals surface area contributed by atoms with Crippen molar-refractivity contribution < 1.29 is 9.53 Å². The molecule has 26 heavy (non-hydrogen) atoms. The molecular formula is C23H26O2Se. The van der Waals surface area contributed by atoms with E-state index in [1.807, 2.05) is 18.2 Å². The second-order valence-corrected chi connectivity index (χ2v) is 8.93. The summed E-state index contributed by atoms with van der Waals surface area (Å²) in [4.78, 5) is 12.3. The van der Waals surface area contributed by atoms with Gasteiger partial charge in [0.1, 0.15) is 0 Å². The molecule has 0 atom stereocenters. The van der Waals surface area contributed by atoms with Crippen molar-refractivity contribution in [3.8, 4) is 0 Å². The van der Waals surface area contributed by atoms with Crippen molar-refractivity contribution in [1.82, 2.24) is 0 Å². The SMILES string of the molecule is COC(=O)c1ccccc1/C(=C/C1CCCCC1)C[Se]c1ccccc1. The average Bonchev–Trinajstić information content (AvgIpc) is 2.72. The molecule has 0 aliphatic heterocycles. The number of allylic oxidation sites excluding steroid dienone is 2. The molecule has 0 unspecified atom stereocenters. The zero-order chi connectivity index (χ0) is 18.2. The summed E-state index contributed by atoms with van der Waals surface area (Å²) < 4.78 is 6.41. The molecular weight excluding hydrogens is 387 g/mol. The van der Waals surface area contributed by atoms with E-state index >= 15 is 0 Å². The monoisotopic (exact) mass is 414 g/mol. The summed E-state index contributed by atoms with van der Waals surface area (Å²) in [7, 11) is 1.46. The number of benzene rings is 2. The van der Waals surface area contributed by atoms with E-state index < -0.39 is 0 Å². The first-order valence-electron chi connectivity index (χ1n) is 9.34. The van der Waals surface area contributed by atoms with Crippen molar-refractivity contribution in [2.75, 3.05) is 7.11 Å². The quantitative estimate of drug-likeness (QED) is 0.498. The molecule has 0 radical (unpaired) electrons. The van der Waals surface area contributed by atoms with E-state index in [9.17, 15) is 4.79 Å². The summed E-state index contributed by atoms with van der Waals surface area (Å²) in [5.74, 6) is 0.387. The number of rotatable bonds is 6. The predicted molar refractivity (Wildman–Crippen MR) is 109 cm³/mol. The van der Waals surface area contributed by atoms with Crippen LogP contribution in [0.3, 0.4) is 0 Å². The van der Waals surface area contributed by atoms with Crippen molar-refractivity contribution in [2.45, 2.75) is 37.4 Å². The van der Waals surface area contributed by atoms with E-state index in [1.165, 1.54) is 49.2 Å². The molecule has 2 aromatic carbocycles. The Morgan fingerprint density at radius 1 is 1.00 bits per heavy atom. The molecule has 0 aromatic heterocycles. The molecule has 0 bridgehead atoms. The molecule has 0 N–H and O–H groups in total. The molecule has 1 fully saturated rings. The van der Waals surface area contributed by atoms with E-state index in [-0.39, 0.29) is 5.97 Å². The number of esters is 1. The van der Waals surface area contributed by atoms with Crippen LogP contribution in [-0.4, -0.2) is 28.0 Å². The van der Waals surface area contributed by atoms with Gasteiger partial charge in [0.15, 0.2) is 0 Å². The van der Waals surface area contributed by atoms with Gasteiger partial charge >= 0.3 is 163 Å². The molecule has 0 spiro atoms. The summed E-state index contributed by atoms with van der Waals surface area (Å²) in [6.07, 6.45) is 8.97. The standard InChI is InChI=1S/C23H26O2Se/c1-25-23(24)22-15-9-8-14-21(22)19(16-18-10-4-2-5-11-18)17-26-20-12-6-3-7-13-20/h3,6-9,12-16,18H,2,4-5,10-11,17H2,1H3/b19-16+. The van der Waals surface area contributed by atoms with Gasteiger partial charge in [0, 0.05) is 0 Å². The maximum absolute atomic E-state index is 12.3. The van der Waals surface area contributed by atoms with Crippen LogP contribution in [0.5, 0.6) is 0 Å². The zero-order valence-electron chi connectivity index (χ0n) is 15.3. The van der Waals surface area contributed by atoms with E-state index in [2.05, 4.69) is 42.5 Å². The minimum atomic E-state index is -0.248. The Morgan fingerprint density at radius 2 is 1.65 bits per heavy atom. The first kappa shape index (κ1) is 18.9. The molecule has 3 rings (SSSR count). The van der Waals surface area contributed by atoms with E-state index in [4.69, 9.17) is 4.74 Å². The van der Waals surface area contributed by atoms with Crippen LogP contribution in [0.1, 0.15) is 48.0 Å². The first-order valence-corrected chi connectivity index (χ1v) is 11.4. The number of methoxy groups -OCH3 is 1. The fraction of sp³-hybridized carbons (Fsp3) is 0.348. The van der Waals surface area contributed by atoms with Crippen molar-refractivity contribution >= 4 is 31.0 Å². The van der Waals surface area contributed by atoms with Gasteiger partial charge in [-0.1, -0.05) is 0 Å². The van der Waals surface area contributed by atoms with Crippen LogP contribution < -0.4 is 4.46 Å². The summed E-state index contributed by atoms with van der Waals surface area (Å²) in [6, 6.07) is 18.5. The molecule has 3 heteroatoms. The van der Waals surface area contributed by atoms with Gasteiger partial charge in [-0.15, -0.1) is 0 Å². The van der Waals surface area contributed by atoms with E-state index in [0.717, 1.165) is 10.9 Å². The van der Waals surface area contributed by atoms with Crippen molar-refractivity contribution in [1.29, 1.82) is 0 Å². The molecule has 0 heterocycles. The Labute approximate surface area is 162 Å². The fourth-order valence-electron chi connectivity index (χ4n) is 3.53. The third-order valence-electron chi connectivity index (χ3n) is 4.90. The molecule has 2 aromatic rings. The van der Waals surface area contributed by atoms with Crippen LogP contribution in [0.25, 0.3) is 5.57 Å². The first-order chi connectivity index (χ1) is 12.8. The Balaban J connectivity index is 1.90. The van der Waals surface area contributed by atoms with Gasteiger partial charge in [0.25, 0.3) is 0 Å². The van der Waals surface area contributed by atoms with Gasteiger partial charge in [-0.05, 0) is 0 Å². The Bertz CT molecular complexity index is 746. The van der Waals surface area contributed by atoms with E-state index in [0.29, 0.717) is 26.4 Å². The van der Waals surface area contributed by atoms with Crippen molar-refractivity contribution in [3.63, 3.8) is 0 Å². The molecule has 1 aliphatic carbocycles. The molecule has 2 nitrogen and oxygen atoms in total. The number of ether oxygens (including phenoxy) is 1. The average molecular weight is 413 g/mol. The zero-order valence-corrected chi connectivity index (χ0v) is 17.0. The second kappa shape index (κ2) is 9.75. The Hall–Kier alpha value is -1.83. The summed E-state index contributed by atoms with van der Waals surface area (Å²) in [5.41, 5.74) is 3.03. The summed E-state index contributed by atoms with van der Waals surface area (Å²) in [6.45, 7) is 0.